The minimum atomic E-state index is -0.911. The molecule has 1 aliphatic rings. The van der Waals surface area contributed by atoms with E-state index in [1.54, 1.807) is 38.2 Å². The lowest BCUT2D eigenvalue weighted by Gasteiger charge is -2.29. The van der Waals surface area contributed by atoms with Crippen LogP contribution in [0.15, 0.2) is 90.2 Å². The van der Waals surface area contributed by atoms with Crippen molar-refractivity contribution in [1.82, 2.24) is 33.8 Å². The maximum Gasteiger partial charge on any atom is 0.407 e. The number of piperidine rings is 1. The van der Waals surface area contributed by atoms with Crippen molar-refractivity contribution in [3.05, 3.63) is 113 Å². The van der Waals surface area contributed by atoms with Crippen LogP contribution < -0.4 is 16.6 Å². The number of hydrogen-bond acceptors (Lipinski definition) is 7. The van der Waals surface area contributed by atoms with Crippen molar-refractivity contribution in [3.8, 4) is 27.9 Å². The fraction of sp³-hybridized carbons (Fsp3) is 0.200. The molecule has 7 rings (SSSR count). The third-order valence-corrected chi connectivity index (χ3v) is 8.97. The average molecular weight is 644 g/mol. The van der Waals surface area contributed by atoms with Crippen LogP contribution in [-0.2, 0) is 7.05 Å². The number of nitrogens with one attached hydrogen (secondary N) is 1. The second kappa shape index (κ2) is 12.2. The number of anilines is 2. The highest BCUT2D eigenvalue weighted by molar-refractivity contribution is 6.05. The summed E-state index contributed by atoms with van der Waals surface area (Å²) in [6.45, 7) is 2.74. The summed E-state index contributed by atoms with van der Waals surface area (Å²) in [6.07, 6.45) is 5.38. The zero-order chi connectivity index (χ0) is 33.5. The van der Waals surface area contributed by atoms with Gasteiger partial charge in [0.05, 0.1) is 6.20 Å². The predicted molar refractivity (Wildman–Crippen MR) is 181 cm³/mol. The van der Waals surface area contributed by atoms with E-state index in [1.165, 1.54) is 11.2 Å². The molecule has 0 bridgehead atoms. The van der Waals surface area contributed by atoms with E-state index in [9.17, 15) is 19.5 Å². The molecule has 13 nitrogen and oxygen atoms in total. The predicted octanol–water partition coefficient (Wildman–Crippen LogP) is 4.95. The first kappa shape index (κ1) is 30.4. The van der Waals surface area contributed by atoms with Crippen LogP contribution in [0.25, 0.3) is 33.5 Å². The number of nitrogens with two attached hydrogens (primary N) is 1. The Kier molecular flexibility index (Phi) is 7.71. The first-order valence-electron chi connectivity index (χ1n) is 15.5. The summed E-state index contributed by atoms with van der Waals surface area (Å²) in [5, 5.41) is 21.0. The van der Waals surface area contributed by atoms with Gasteiger partial charge in [-0.1, -0.05) is 30.3 Å². The maximum atomic E-state index is 13.8. The molecule has 242 valence electrons. The summed E-state index contributed by atoms with van der Waals surface area (Å²) in [5.74, 6) is -0.115. The van der Waals surface area contributed by atoms with Gasteiger partial charge in [-0.3, -0.25) is 18.8 Å². The molecule has 48 heavy (non-hydrogen) atoms. The van der Waals surface area contributed by atoms with E-state index in [2.05, 4.69) is 20.5 Å². The Morgan fingerprint density at radius 1 is 0.958 bits per heavy atom. The van der Waals surface area contributed by atoms with Gasteiger partial charge in [0.1, 0.15) is 17.4 Å². The highest BCUT2D eigenvalue weighted by Gasteiger charge is 2.28. The third-order valence-electron chi connectivity index (χ3n) is 8.97. The van der Waals surface area contributed by atoms with Gasteiger partial charge in [0, 0.05) is 71.7 Å². The molecule has 5 heterocycles. The number of carbonyl (C=O) groups excluding carboxylic acids is 1. The molecule has 1 saturated heterocycles. The maximum absolute atomic E-state index is 13.8. The molecular weight excluding hydrogens is 610 g/mol. The van der Waals surface area contributed by atoms with E-state index < -0.39 is 17.6 Å². The van der Waals surface area contributed by atoms with Crippen LogP contribution in [0.1, 0.15) is 40.5 Å². The number of amides is 2. The minimum Gasteiger partial charge on any atom is -0.465 e. The molecule has 13 heteroatoms. The Hall–Kier alpha value is -6.24. The lowest BCUT2D eigenvalue weighted by atomic mass is 9.93. The third kappa shape index (κ3) is 5.44. The Bertz CT molecular complexity index is 2230. The van der Waals surface area contributed by atoms with Crippen molar-refractivity contribution in [1.29, 1.82) is 0 Å². The number of aromatic nitrogens is 6. The molecular formula is C35H33N9O4. The number of carbonyl (C=O) groups is 2. The number of aryl methyl sites for hydroxylation is 1. The minimum absolute atomic E-state index is 0.00526. The molecule has 0 unspecified atom stereocenters. The van der Waals surface area contributed by atoms with Gasteiger partial charge in [0.2, 0.25) is 0 Å². The number of carboxylic acid groups (broad SMARTS) is 1. The van der Waals surface area contributed by atoms with Crippen LogP contribution in [0, 0.1) is 6.92 Å². The van der Waals surface area contributed by atoms with E-state index in [-0.39, 0.29) is 11.5 Å². The number of para-hydroxylation sites is 1. The van der Waals surface area contributed by atoms with Gasteiger partial charge in [-0.25, -0.2) is 14.3 Å². The van der Waals surface area contributed by atoms with Gasteiger partial charge in [-0.2, -0.15) is 10.2 Å². The number of likely N-dealkylation sites (tertiary alicyclic amines) is 1. The molecule has 4 N–H and O–H groups in total. The van der Waals surface area contributed by atoms with Gasteiger partial charge in [0.25, 0.3) is 11.5 Å². The molecule has 0 aliphatic carbocycles. The van der Waals surface area contributed by atoms with Crippen molar-refractivity contribution < 1.29 is 14.7 Å². The average Bonchev–Trinajstić information content (AvgIpc) is 3.70. The summed E-state index contributed by atoms with van der Waals surface area (Å²) in [7, 11) is 1.81. The molecule has 4 aromatic heterocycles. The molecule has 2 amide bonds. The summed E-state index contributed by atoms with van der Waals surface area (Å²) < 4.78 is 5.02. The van der Waals surface area contributed by atoms with Crippen molar-refractivity contribution in [3.63, 3.8) is 0 Å². The van der Waals surface area contributed by atoms with Crippen LogP contribution in [0.5, 0.6) is 0 Å². The summed E-state index contributed by atoms with van der Waals surface area (Å²) >= 11 is 0. The number of hydrogen-bond donors (Lipinski definition) is 3. The fourth-order valence-electron chi connectivity index (χ4n) is 6.51. The summed E-state index contributed by atoms with van der Waals surface area (Å²) in [6, 6.07) is 20.2. The normalized spacial score (nSPS) is 13.6. The quantitative estimate of drug-likeness (QED) is 0.229. The van der Waals surface area contributed by atoms with Crippen molar-refractivity contribution >= 4 is 29.0 Å². The number of benzene rings is 2. The number of pyridine rings is 1. The van der Waals surface area contributed by atoms with E-state index >= 15 is 0 Å². The number of rotatable bonds is 6. The number of fused-ring (bicyclic) bond motifs is 1. The van der Waals surface area contributed by atoms with Crippen molar-refractivity contribution in [2.45, 2.75) is 25.7 Å². The standard InChI is InChI=1S/C35H33N9O4/c1-21-27(24-18-38-41(2)19-24)16-29(34(46)43(21)26-6-4-3-5-7-26)33(45)40-25-10-8-22(9-11-25)28-17-30(44-31(28)32(36)37-20-39-44)23-12-14-42(15-13-23)35(47)48/h3-11,16-20,23H,12-15H2,1-2H3,(H,40,45)(H,47,48)(H2,36,37,39). The van der Waals surface area contributed by atoms with E-state index in [0.29, 0.717) is 54.3 Å². The lowest BCUT2D eigenvalue weighted by molar-refractivity contribution is 0.102. The highest BCUT2D eigenvalue weighted by atomic mass is 16.4. The van der Waals surface area contributed by atoms with Crippen molar-refractivity contribution in [2.75, 3.05) is 24.1 Å². The molecule has 0 atom stereocenters. The van der Waals surface area contributed by atoms with Crippen LogP contribution in [0.3, 0.4) is 0 Å². The van der Waals surface area contributed by atoms with Gasteiger partial charge in [-0.05, 0) is 61.7 Å². The fourth-order valence-corrected chi connectivity index (χ4v) is 6.51. The zero-order valence-electron chi connectivity index (χ0n) is 26.4. The van der Waals surface area contributed by atoms with Gasteiger partial charge >= 0.3 is 6.09 Å². The highest BCUT2D eigenvalue weighted by Crippen LogP contribution is 2.37. The van der Waals surface area contributed by atoms with E-state index in [4.69, 9.17) is 5.73 Å². The van der Waals surface area contributed by atoms with Gasteiger partial charge < -0.3 is 21.1 Å². The van der Waals surface area contributed by atoms with Crippen LogP contribution in [0.4, 0.5) is 16.3 Å². The van der Waals surface area contributed by atoms with Crippen LogP contribution in [0.2, 0.25) is 0 Å². The first-order chi connectivity index (χ1) is 23.2. The molecule has 0 radical (unpaired) electrons. The Morgan fingerprint density at radius 2 is 1.69 bits per heavy atom. The monoisotopic (exact) mass is 643 g/mol. The topological polar surface area (TPSA) is 166 Å². The number of nitrogen functional groups attached to an aromatic ring is 1. The largest absolute Gasteiger partial charge is 0.465 e. The Labute approximate surface area is 274 Å². The van der Waals surface area contributed by atoms with E-state index in [1.807, 2.05) is 68.7 Å². The second-order valence-electron chi connectivity index (χ2n) is 11.9. The Balaban J connectivity index is 1.20. The second-order valence-corrected chi connectivity index (χ2v) is 11.9. The summed E-state index contributed by atoms with van der Waals surface area (Å²) in [4.78, 5) is 44.6. The molecule has 0 saturated carbocycles. The van der Waals surface area contributed by atoms with Crippen molar-refractivity contribution in [2.24, 2.45) is 7.05 Å². The molecule has 6 aromatic rings. The van der Waals surface area contributed by atoms with Gasteiger partial charge in [-0.15, -0.1) is 0 Å². The Morgan fingerprint density at radius 3 is 2.35 bits per heavy atom. The lowest BCUT2D eigenvalue weighted by Crippen LogP contribution is -2.37. The smallest absolute Gasteiger partial charge is 0.407 e. The molecule has 1 aliphatic heterocycles. The SMILES string of the molecule is Cc1c(-c2cnn(C)c2)cc(C(=O)Nc2ccc(-c3cc(C4CCN(C(=O)O)CC4)n4ncnc(N)c34)cc2)c(=O)n1-c1ccccc1. The van der Waals surface area contributed by atoms with Crippen LogP contribution in [-0.4, -0.2) is 64.0 Å². The van der Waals surface area contributed by atoms with Crippen LogP contribution >= 0.6 is 0 Å². The number of nitrogens with zero attached hydrogens (tertiary/aromatic N) is 7. The first-order valence-corrected chi connectivity index (χ1v) is 15.5. The zero-order valence-corrected chi connectivity index (χ0v) is 26.4. The molecule has 2 aromatic carbocycles. The molecule has 1 fully saturated rings. The summed E-state index contributed by atoms with van der Waals surface area (Å²) in [5.41, 5.74) is 12.5. The van der Waals surface area contributed by atoms with Gasteiger partial charge in [0.15, 0.2) is 5.82 Å². The van der Waals surface area contributed by atoms with E-state index in [0.717, 1.165) is 27.9 Å². The molecule has 0 spiro atoms.